The largest absolute Gasteiger partial charge is 0.481 e. The number of benzene rings is 1. The van der Waals surface area contributed by atoms with Crippen LogP contribution in [-0.2, 0) is 9.59 Å². The quantitative estimate of drug-likeness (QED) is 0.902. The van der Waals surface area contributed by atoms with Gasteiger partial charge in [0, 0.05) is 18.5 Å². The van der Waals surface area contributed by atoms with Crippen molar-refractivity contribution in [3.8, 4) is 0 Å². The second kappa shape index (κ2) is 6.50. The van der Waals surface area contributed by atoms with Crippen molar-refractivity contribution in [3.63, 3.8) is 0 Å². The summed E-state index contributed by atoms with van der Waals surface area (Å²) in [5, 5.41) is 8.95. The fraction of sp³-hybridized carbons (Fsp3) is 0.467. The number of aliphatic carboxylic acids is 1. The predicted octanol–water partition coefficient (Wildman–Crippen LogP) is 2.70. The lowest BCUT2D eigenvalue weighted by Crippen LogP contribution is -2.38. The smallest absolute Gasteiger partial charge is 0.307 e. The molecule has 0 fully saturated rings. The Kier molecular flexibility index (Phi) is 5.25. The van der Waals surface area contributed by atoms with Gasteiger partial charge in [-0.2, -0.15) is 0 Å². The molecule has 0 spiro atoms. The Balaban J connectivity index is 2.89. The first-order valence-corrected chi connectivity index (χ1v) is 6.51. The molecule has 5 heteroatoms. The predicted molar refractivity (Wildman–Crippen MR) is 73.5 cm³/mol. The molecule has 1 amide bonds. The van der Waals surface area contributed by atoms with Crippen molar-refractivity contribution in [2.75, 3.05) is 7.05 Å². The summed E-state index contributed by atoms with van der Waals surface area (Å²) in [6.45, 7) is 4.78. The molecule has 0 aliphatic rings. The summed E-state index contributed by atoms with van der Waals surface area (Å²) in [6.07, 6.45) is 0. The molecule has 0 aliphatic heterocycles. The summed E-state index contributed by atoms with van der Waals surface area (Å²) in [4.78, 5) is 24.6. The summed E-state index contributed by atoms with van der Waals surface area (Å²) in [5.74, 6) is -3.14. The number of rotatable bonds is 5. The molecule has 0 aliphatic carbocycles. The average molecular weight is 281 g/mol. The molecular formula is C15H20FNO3. The first-order chi connectivity index (χ1) is 9.27. The molecular weight excluding hydrogens is 261 g/mol. The number of amides is 1. The zero-order valence-corrected chi connectivity index (χ0v) is 12.1. The van der Waals surface area contributed by atoms with E-state index in [-0.39, 0.29) is 11.7 Å². The standard InChI is InChI=1S/C15H20FNO3/c1-9(10(2)15(19)20)14(18)17(4)11(3)12-7-5-6-8-13(12)16/h5-11H,1-4H3,(H,19,20). The molecule has 1 aromatic rings. The Hall–Kier alpha value is -1.91. The number of nitrogens with zero attached hydrogens (tertiary/aromatic N) is 1. The van der Waals surface area contributed by atoms with Crippen LogP contribution in [0.25, 0.3) is 0 Å². The molecule has 0 aromatic heterocycles. The molecule has 3 atom stereocenters. The van der Waals surface area contributed by atoms with Crippen LogP contribution in [0.1, 0.15) is 32.4 Å². The van der Waals surface area contributed by atoms with Crippen molar-refractivity contribution in [1.82, 2.24) is 4.90 Å². The van der Waals surface area contributed by atoms with Crippen molar-refractivity contribution >= 4 is 11.9 Å². The molecule has 1 rings (SSSR count). The third-order valence-electron chi connectivity index (χ3n) is 3.81. The molecule has 1 N–H and O–H groups in total. The van der Waals surface area contributed by atoms with Crippen LogP contribution >= 0.6 is 0 Å². The maximum absolute atomic E-state index is 13.7. The molecule has 110 valence electrons. The molecule has 0 saturated carbocycles. The van der Waals surface area contributed by atoms with Crippen LogP contribution in [0.2, 0.25) is 0 Å². The molecule has 0 radical (unpaired) electrons. The minimum absolute atomic E-state index is 0.310. The van der Waals surface area contributed by atoms with Gasteiger partial charge in [-0.3, -0.25) is 9.59 Å². The highest BCUT2D eigenvalue weighted by molar-refractivity contribution is 5.84. The second-order valence-electron chi connectivity index (χ2n) is 5.06. The van der Waals surface area contributed by atoms with E-state index in [2.05, 4.69) is 0 Å². The van der Waals surface area contributed by atoms with Crippen LogP contribution in [0, 0.1) is 17.7 Å². The van der Waals surface area contributed by atoms with E-state index in [1.165, 1.54) is 17.9 Å². The summed E-state index contributed by atoms with van der Waals surface area (Å²) in [6, 6.07) is 5.80. The SMILES string of the molecule is CC(C(=O)O)C(C)C(=O)N(C)C(C)c1ccccc1F. The van der Waals surface area contributed by atoms with E-state index < -0.39 is 23.8 Å². The minimum atomic E-state index is -1.02. The topological polar surface area (TPSA) is 57.6 Å². The maximum atomic E-state index is 13.7. The van der Waals surface area contributed by atoms with Gasteiger partial charge in [-0.25, -0.2) is 4.39 Å². The Morgan fingerprint density at radius 2 is 1.70 bits per heavy atom. The normalized spacial score (nSPS) is 15.2. The van der Waals surface area contributed by atoms with E-state index in [1.807, 2.05) is 0 Å². The van der Waals surface area contributed by atoms with Gasteiger partial charge in [0.1, 0.15) is 5.82 Å². The third-order valence-corrected chi connectivity index (χ3v) is 3.81. The van der Waals surface area contributed by atoms with Gasteiger partial charge in [-0.1, -0.05) is 32.0 Å². The lowest BCUT2D eigenvalue weighted by molar-refractivity contribution is -0.149. The molecule has 0 heterocycles. The van der Waals surface area contributed by atoms with E-state index >= 15 is 0 Å². The number of carboxylic acids is 1. The van der Waals surface area contributed by atoms with Crippen molar-refractivity contribution in [2.45, 2.75) is 26.8 Å². The molecule has 0 bridgehead atoms. The number of hydrogen-bond acceptors (Lipinski definition) is 2. The number of hydrogen-bond donors (Lipinski definition) is 1. The van der Waals surface area contributed by atoms with E-state index in [0.717, 1.165) is 0 Å². The van der Waals surface area contributed by atoms with Crippen LogP contribution in [0.3, 0.4) is 0 Å². The van der Waals surface area contributed by atoms with Gasteiger partial charge in [0.2, 0.25) is 5.91 Å². The summed E-state index contributed by atoms with van der Waals surface area (Å²) in [5.41, 5.74) is 0.415. The minimum Gasteiger partial charge on any atom is -0.481 e. The van der Waals surface area contributed by atoms with Crippen LogP contribution < -0.4 is 0 Å². The third kappa shape index (κ3) is 3.35. The lowest BCUT2D eigenvalue weighted by atomic mass is 9.94. The summed E-state index contributed by atoms with van der Waals surface area (Å²) >= 11 is 0. The molecule has 20 heavy (non-hydrogen) atoms. The first kappa shape index (κ1) is 16.1. The Labute approximate surface area is 118 Å². The van der Waals surface area contributed by atoms with Gasteiger partial charge in [-0.15, -0.1) is 0 Å². The highest BCUT2D eigenvalue weighted by atomic mass is 19.1. The summed E-state index contributed by atoms with van der Waals surface area (Å²) in [7, 11) is 1.56. The number of carboxylic acid groups (broad SMARTS) is 1. The van der Waals surface area contributed by atoms with E-state index in [9.17, 15) is 14.0 Å². The zero-order valence-electron chi connectivity index (χ0n) is 12.1. The van der Waals surface area contributed by atoms with Crippen LogP contribution in [0.15, 0.2) is 24.3 Å². The van der Waals surface area contributed by atoms with Crippen molar-refractivity contribution < 1.29 is 19.1 Å². The van der Waals surface area contributed by atoms with Crippen LogP contribution in [0.4, 0.5) is 4.39 Å². The highest BCUT2D eigenvalue weighted by Gasteiger charge is 2.30. The van der Waals surface area contributed by atoms with E-state index in [1.54, 1.807) is 39.1 Å². The van der Waals surface area contributed by atoms with Crippen LogP contribution in [-0.4, -0.2) is 28.9 Å². The molecule has 3 unspecified atom stereocenters. The highest BCUT2D eigenvalue weighted by Crippen LogP contribution is 2.24. The van der Waals surface area contributed by atoms with Gasteiger partial charge in [0.15, 0.2) is 0 Å². The maximum Gasteiger partial charge on any atom is 0.307 e. The number of carbonyl (C=O) groups is 2. The van der Waals surface area contributed by atoms with Crippen molar-refractivity contribution in [3.05, 3.63) is 35.6 Å². The zero-order chi connectivity index (χ0) is 15.4. The fourth-order valence-electron chi connectivity index (χ4n) is 1.96. The van der Waals surface area contributed by atoms with Crippen molar-refractivity contribution in [1.29, 1.82) is 0 Å². The van der Waals surface area contributed by atoms with Crippen LogP contribution in [0.5, 0.6) is 0 Å². The average Bonchev–Trinajstić information content (AvgIpc) is 2.43. The number of carbonyl (C=O) groups excluding carboxylic acids is 1. The van der Waals surface area contributed by atoms with E-state index in [4.69, 9.17) is 5.11 Å². The van der Waals surface area contributed by atoms with Gasteiger partial charge >= 0.3 is 5.97 Å². The van der Waals surface area contributed by atoms with Gasteiger partial charge < -0.3 is 10.0 Å². The Bertz CT molecular complexity index is 504. The second-order valence-corrected chi connectivity index (χ2v) is 5.06. The molecule has 4 nitrogen and oxygen atoms in total. The van der Waals surface area contributed by atoms with Gasteiger partial charge in [-0.05, 0) is 13.0 Å². The van der Waals surface area contributed by atoms with E-state index in [0.29, 0.717) is 5.56 Å². The Morgan fingerprint density at radius 1 is 1.15 bits per heavy atom. The van der Waals surface area contributed by atoms with Gasteiger partial charge in [0.25, 0.3) is 0 Å². The fourth-order valence-corrected chi connectivity index (χ4v) is 1.96. The molecule has 1 aromatic carbocycles. The summed E-state index contributed by atoms with van der Waals surface area (Å²) < 4.78 is 13.7. The monoisotopic (exact) mass is 281 g/mol. The number of halogens is 1. The molecule has 0 saturated heterocycles. The lowest BCUT2D eigenvalue weighted by Gasteiger charge is -2.29. The van der Waals surface area contributed by atoms with Crippen molar-refractivity contribution in [2.24, 2.45) is 11.8 Å². The first-order valence-electron chi connectivity index (χ1n) is 6.51. The van der Waals surface area contributed by atoms with Gasteiger partial charge in [0.05, 0.1) is 12.0 Å². The Morgan fingerprint density at radius 3 is 2.20 bits per heavy atom.